The zero-order valence-corrected chi connectivity index (χ0v) is 11.8. The maximum absolute atomic E-state index is 11.7. The van der Waals surface area contributed by atoms with Gasteiger partial charge in [0.1, 0.15) is 0 Å². The summed E-state index contributed by atoms with van der Waals surface area (Å²) in [7, 11) is 0. The molecule has 0 unspecified atom stereocenters. The van der Waals surface area contributed by atoms with Crippen LogP contribution in [0.15, 0.2) is 24.3 Å². The lowest BCUT2D eigenvalue weighted by Crippen LogP contribution is -2.40. The Morgan fingerprint density at radius 2 is 2.06 bits per heavy atom. The summed E-state index contributed by atoms with van der Waals surface area (Å²) >= 11 is 2.28. The second-order valence-corrected chi connectivity index (χ2v) is 5.07. The molecule has 88 valence electrons. The largest absolute Gasteiger partial charge is 0.335 e. The normalized spacial score (nSPS) is 10.6. The molecule has 0 radical (unpaired) electrons. The Hall–Kier alpha value is -0.620. The molecule has 2 N–H and O–H groups in total. The quantitative estimate of drug-likeness (QED) is 0.857. The van der Waals surface area contributed by atoms with Crippen molar-refractivity contribution in [1.29, 1.82) is 0 Å². The van der Waals surface area contributed by atoms with Crippen molar-refractivity contribution in [2.45, 2.75) is 26.4 Å². The maximum atomic E-state index is 11.7. The molecule has 1 aromatic rings. The molecule has 4 heteroatoms. The van der Waals surface area contributed by atoms with E-state index in [4.69, 9.17) is 5.73 Å². The van der Waals surface area contributed by atoms with E-state index < -0.39 is 0 Å². The lowest BCUT2D eigenvalue weighted by molar-refractivity contribution is -0.132. The Labute approximate surface area is 110 Å². The van der Waals surface area contributed by atoms with Gasteiger partial charge in [-0.1, -0.05) is 18.2 Å². The van der Waals surface area contributed by atoms with Crippen molar-refractivity contribution < 1.29 is 4.79 Å². The summed E-state index contributed by atoms with van der Waals surface area (Å²) in [5, 5.41) is 0. The average Bonchev–Trinajstić information content (AvgIpc) is 2.26. The fourth-order valence-electron chi connectivity index (χ4n) is 1.49. The van der Waals surface area contributed by atoms with E-state index in [1.165, 1.54) is 9.13 Å². The Balaban J connectivity index is 2.84. The molecule has 16 heavy (non-hydrogen) atoms. The highest BCUT2D eigenvalue weighted by Crippen LogP contribution is 2.15. The second kappa shape index (κ2) is 6.20. The van der Waals surface area contributed by atoms with Crippen LogP contribution in [0.3, 0.4) is 0 Å². The van der Waals surface area contributed by atoms with Crippen LogP contribution in [0.4, 0.5) is 0 Å². The van der Waals surface area contributed by atoms with Gasteiger partial charge in [0.2, 0.25) is 5.91 Å². The molecule has 0 aliphatic carbocycles. The van der Waals surface area contributed by atoms with Crippen molar-refractivity contribution in [1.82, 2.24) is 4.90 Å². The van der Waals surface area contributed by atoms with Gasteiger partial charge < -0.3 is 10.6 Å². The fraction of sp³-hybridized carbons (Fsp3) is 0.417. The topological polar surface area (TPSA) is 46.3 Å². The van der Waals surface area contributed by atoms with Crippen molar-refractivity contribution in [3.8, 4) is 0 Å². The summed E-state index contributed by atoms with van der Waals surface area (Å²) in [6.45, 7) is 4.71. The molecule has 0 atom stereocenters. The number of halogens is 1. The molecule has 0 bridgehead atoms. The highest BCUT2D eigenvalue weighted by atomic mass is 127. The van der Waals surface area contributed by atoms with Crippen LogP contribution in [-0.2, 0) is 11.3 Å². The molecule has 1 amide bonds. The zero-order chi connectivity index (χ0) is 12.1. The van der Waals surface area contributed by atoms with E-state index in [2.05, 4.69) is 22.6 Å². The Bertz CT molecular complexity index is 366. The van der Waals surface area contributed by atoms with Crippen LogP contribution in [0, 0.1) is 3.57 Å². The molecule has 0 heterocycles. The van der Waals surface area contributed by atoms with Gasteiger partial charge in [0.25, 0.3) is 0 Å². The van der Waals surface area contributed by atoms with Gasteiger partial charge in [0.15, 0.2) is 0 Å². The summed E-state index contributed by atoms with van der Waals surface area (Å²) in [5.41, 5.74) is 6.57. The number of nitrogens with zero attached hydrogens (tertiary/aromatic N) is 1. The Morgan fingerprint density at radius 1 is 1.44 bits per heavy atom. The number of hydrogen-bond acceptors (Lipinski definition) is 2. The third-order valence-corrected chi connectivity index (χ3v) is 3.47. The number of carbonyl (C=O) groups excluding carboxylic acids is 1. The average molecular weight is 332 g/mol. The summed E-state index contributed by atoms with van der Waals surface area (Å²) < 4.78 is 1.18. The van der Waals surface area contributed by atoms with Gasteiger partial charge in [-0.2, -0.15) is 0 Å². The molecule has 3 nitrogen and oxygen atoms in total. The molecule has 0 saturated heterocycles. The third-order valence-electron chi connectivity index (χ3n) is 2.42. The monoisotopic (exact) mass is 332 g/mol. The lowest BCUT2D eigenvalue weighted by atomic mass is 10.2. The summed E-state index contributed by atoms with van der Waals surface area (Å²) in [4.78, 5) is 13.5. The van der Waals surface area contributed by atoms with Gasteiger partial charge in [0, 0.05) is 16.2 Å². The van der Waals surface area contributed by atoms with Crippen LogP contribution >= 0.6 is 22.6 Å². The summed E-state index contributed by atoms with van der Waals surface area (Å²) in [6, 6.07) is 8.24. The van der Waals surface area contributed by atoms with E-state index >= 15 is 0 Å². The van der Waals surface area contributed by atoms with E-state index in [1.807, 2.05) is 38.1 Å². The second-order valence-electron chi connectivity index (χ2n) is 3.91. The molecular weight excluding hydrogens is 315 g/mol. The van der Waals surface area contributed by atoms with Gasteiger partial charge in [-0.3, -0.25) is 4.79 Å². The third kappa shape index (κ3) is 3.45. The van der Waals surface area contributed by atoms with Gasteiger partial charge in [-0.25, -0.2) is 0 Å². The SMILES string of the molecule is CC(C)N(Cc1ccccc1I)C(=O)CN. The van der Waals surface area contributed by atoms with E-state index in [-0.39, 0.29) is 18.5 Å². The first-order valence-electron chi connectivity index (χ1n) is 5.29. The first kappa shape index (κ1) is 13.4. The van der Waals surface area contributed by atoms with E-state index in [0.29, 0.717) is 6.54 Å². The fourth-order valence-corrected chi connectivity index (χ4v) is 2.04. The highest BCUT2D eigenvalue weighted by molar-refractivity contribution is 14.1. The van der Waals surface area contributed by atoms with Crippen molar-refractivity contribution in [2.24, 2.45) is 5.73 Å². The number of benzene rings is 1. The minimum absolute atomic E-state index is 0.00495. The molecule has 1 rings (SSSR count). The van der Waals surface area contributed by atoms with Crippen LogP contribution < -0.4 is 5.73 Å². The van der Waals surface area contributed by atoms with E-state index in [0.717, 1.165) is 0 Å². The smallest absolute Gasteiger partial charge is 0.236 e. The molecule has 0 fully saturated rings. The number of carbonyl (C=O) groups is 1. The molecule has 1 aromatic carbocycles. The van der Waals surface area contributed by atoms with Crippen LogP contribution in [0.5, 0.6) is 0 Å². The maximum Gasteiger partial charge on any atom is 0.236 e. The van der Waals surface area contributed by atoms with Crippen molar-refractivity contribution in [3.05, 3.63) is 33.4 Å². The molecular formula is C12H17IN2O. The van der Waals surface area contributed by atoms with Crippen molar-refractivity contribution in [3.63, 3.8) is 0 Å². The first-order chi connectivity index (χ1) is 7.56. The molecule has 0 aromatic heterocycles. The summed E-state index contributed by atoms with van der Waals surface area (Å²) in [5.74, 6) is -0.00495. The Kier molecular flexibility index (Phi) is 5.21. The van der Waals surface area contributed by atoms with Gasteiger partial charge >= 0.3 is 0 Å². The molecule has 0 aliphatic rings. The number of amides is 1. The van der Waals surface area contributed by atoms with Crippen molar-refractivity contribution in [2.75, 3.05) is 6.54 Å². The predicted molar refractivity (Wildman–Crippen MR) is 73.9 cm³/mol. The van der Waals surface area contributed by atoms with Crippen LogP contribution in [0.25, 0.3) is 0 Å². The zero-order valence-electron chi connectivity index (χ0n) is 9.61. The van der Waals surface area contributed by atoms with Crippen molar-refractivity contribution >= 4 is 28.5 Å². The number of nitrogens with two attached hydrogens (primary N) is 1. The number of hydrogen-bond donors (Lipinski definition) is 1. The molecule has 0 aliphatic heterocycles. The van der Waals surface area contributed by atoms with Gasteiger partial charge in [0.05, 0.1) is 6.54 Å². The molecule has 0 spiro atoms. The minimum atomic E-state index is -0.00495. The van der Waals surface area contributed by atoms with E-state index in [9.17, 15) is 4.79 Å². The highest BCUT2D eigenvalue weighted by Gasteiger charge is 2.16. The van der Waals surface area contributed by atoms with Gasteiger partial charge in [-0.05, 0) is 48.1 Å². The predicted octanol–water partition coefficient (Wildman–Crippen LogP) is 1.99. The minimum Gasteiger partial charge on any atom is -0.335 e. The molecule has 0 saturated carbocycles. The van der Waals surface area contributed by atoms with Crippen LogP contribution in [0.1, 0.15) is 19.4 Å². The number of rotatable bonds is 4. The lowest BCUT2D eigenvalue weighted by Gasteiger charge is -2.26. The van der Waals surface area contributed by atoms with Crippen LogP contribution in [0.2, 0.25) is 0 Å². The standard InChI is InChI=1S/C12H17IN2O/c1-9(2)15(12(16)7-14)8-10-5-3-4-6-11(10)13/h3-6,9H,7-8,14H2,1-2H3. The summed E-state index contributed by atoms with van der Waals surface area (Å²) in [6.07, 6.45) is 0. The first-order valence-corrected chi connectivity index (χ1v) is 6.37. The van der Waals surface area contributed by atoms with Gasteiger partial charge in [-0.15, -0.1) is 0 Å². The van der Waals surface area contributed by atoms with Crippen LogP contribution in [-0.4, -0.2) is 23.4 Å². The Morgan fingerprint density at radius 3 is 2.56 bits per heavy atom. The van der Waals surface area contributed by atoms with E-state index in [1.54, 1.807) is 4.90 Å².